The largest absolute Gasteiger partial charge is 0.485 e. The summed E-state index contributed by atoms with van der Waals surface area (Å²) in [6, 6.07) is 15.3. The van der Waals surface area contributed by atoms with E-state index in [2.05, 4.69) is 15.5 Å². The Hall–Kier alpha value is -2.51. The summed E-state index contributed by atoms with van der Waals surface area (Å²) >= 11 is 7.30. The van der Waals surface area contributed by atoms with Gasteiger partial charge in [0.25, 0.3) is 0 Å². The highest BCUT2D eigenvalue weighted by Gasteiger charge is 2.12. The van der Waals surface area contributed by atoms with Gasteiger partial charge in [-0.2, -0.15) is 0 Å². The second-order valence-electron chi connectivity index (χ2n) is 6.21. The lowest BCUT2D eigenvalue weighted by Crippen LogP contribution is -2.24. The smallest absolute Gasteiger partial charge is 0.230 e. The van der Waals surface area contributed by atoms with Crippen molar-refractivity contribution in [2.75, 3.05) is 5.75 Å². The summed E-state index contributed by atoms with van der Waals surface area (Å²) in [5.74, 6) is 1.66. The van der Waals surface area contributed by atoms with E-state index in [-0.39, 0.29) is 18.3 Å². The lowest BCUT2D eigenvalue weighted by molar-refractivity contribution is -0.118. The molecule has 8 heteroatoms. The van der Waals surface area contributed by atoms with Crippen LogP contribution in [0.3, 0.4) is 0 Å². The average molecular weight is 417 g/mol. The molecule has 3 aromatic rings. The van der Waals surface area contributed by atoms with Gasteiger partial charge in [0.2, 0.25) is 5.91 Å². The fourth-order valence-electron chi connectivity index (χ4n) is 2.49. The molecule has 0 fully saturated rings. The fraction of sp³-hybridized carbons (Fsp3) is 0.250. The van der Waals surface area contributed by atoms with Crippen LogP contribution in [0.4, 0.5) is 0 Å². The van der Waals surface area contributed by atoms with Gasteiger partial charge in [0.05, 0.1) is 5.75 Å². The van der Waals surface area contributed by atoms with E-state index < -0.39 is 0 Å². The Morgan fingerprint density at radius 3 is 2.75 bits per heavy atom. The lowest BCUT2D eigenvalue weighted by atomic mass is 10.2. The molecule has 1 N–H and O–H groups in total. The summed E-state index contributed by atoms with van der Waals surface area (Å²) in [5, 5.41) is 12.6. The first kappa shape index (κ1) is 20.2. The number of thioether (sulfide) groups is 1. The Kier molecular flexibility index (Phi) is 6.95. The highest BCUT2D eigenvalue weighted by atomic mass is 35.5. The lowest BCUT2D eigenvalue weighted by Gasteiger charge is -2.09. The highest BCUT2D eigenvalue weighted by molar-refractivity contribution is 7.99. The molecule has 1 amide bonds. The summed E-state index contributed by atoms with van der Waals surface area (Å²) in [6.45, 7) is 2.73. The van der Waals surface area contributed by atoms with Crippen molar-refractivity contribution in [2.24, 2.45) is 7.05 Å². The summed E-state index contributed by atoms with van der Waals surface area (Å²) in [7, 11) is 1.86. The number of hydrogen-bond acceptors (Lipinski definition) is 5. The van der Waals surface area contributed by atoms with E-state index in [0.717, 1.165) is 16.9 Å². The van der Waals surface area contributed by atoms with Crippen LogP contribution in [-0.4, -0.2) is 26.4 Å². The van der Waals surface area contributed by atoms with E-state index in [4.69, 9.17) is 16.3 Å². The molecule has 146 valence electrons. The Balaban J connectivity index is 1.49. The standard InChI is InChI=1S/C20H21ClN4O2S/c1-14-10-16(21)8-9-17(14)27-12-18-23-24-20(25(18)2)28-13-19(26)22-11-15-6-4-3-5-7-15/h3-10H,11-13H2,1-2H3,(H,22,26). The minimum Gasteiger partial charge on any atom is -0.485 e. The molecule has 0 aliphatic carbocycles. The molecule has 0 aliphatic rings. The van der Waals surface area contributed by atoms with Gasteiger partial charge in [-0.3, -0.25) is 4.79 Å². The summed E-state index contributed by atoms with van der Waals surface area (Å²) in [4.78, 5) is 12.1. The molecule has 0 bridgehead atoms. The quantitative estimate of drug-likeness (QED) is 0.566. The Bertz CT molecular complexity index is 947. The van der Waals surface area contributed by atoms with Gasteiger partial charge in [0, 0.05) is 18.6 Å². The molecule has 1 heterocycles. The number of carbonyl (C=O) groups is 1. The third kappa shape index (κ3) is 5.50. The van der Waals surface area contributed by atoms with Crippen molar-refractivity contribution < 1.29 is 9.53 Å². The number of carbonyl (C=O) groups excluding carboxylic acids is 1. The van der Waals surface area contributed by atoms with Crippen molar-refractivity contribution in [3.8, 4) is 5.75 Å². The van der Waals surface area contributed by atoms with Gasteiger partial charge in [0.15, 0.2) is 11.0 Å². The summed E-state index contributed by atoms with van der Waals surface area (Å²) < 4.78 is 7.65. The predicted octanol–water partition coefficient (Wildman–Crippen LogP) is 3.76. The molecule has 28 heavy (non-hydrogen) atoms. The summed E-state index contributed by atoms with van der Waals surface area (Å²) in [6.07, 6.45) is 0. The number of rotatable bonds is 8. The number of aryl methyl sites for hydroxylation is 1. The topological polar surface area (TPSA) is 69.0 Å². The van der Waals surface area contributed by atoms with Crippen LogP contribution >= 0.6 is 23.4 Å². The van der Waals surface area contributed by atoms with E-state index in [1.807, 2.05) is 61.0 Å². The number of ether oxygens (including phenoxy) is 1. The van der Waals surface area contributed by atoms with E-state index in [1.54, 1.807) is 6.07 Å². The predicted molar refractivity (Wildman–Crippen MR) is 111 cm³/mol. The molecule has 2 aromatic carbocycles. The molecule has 6 nitrogen and oxygen atoms in total. The maximum atomic E-state index is 12.1. The van der Waals surface area contributed by atoms with Gasteiger partial charge in [-0.25, -0.2) is 0 Å². The maximum absolute atomic E-state index is 12.1. The van der Waals surface area contributed by atoms with Crippen molar-refractivity contribution in [3.63, 3.8) is 0 Å². The SMILES string of the molecule is Cc1cc(Cl)ccc1OCc1nnc(SCC(=O)NCc2ccccc2)n1C. The van der Waals surface area contributed by atoms with E-state index in [9.17, 15) is 4.79 Å². The van der Waals surface area contributed by atoms with Crippen molar-refractivity contribution in [1.82, 2.24) is 20.1 Å². The Labute approximate surface area is 173 Å². The molecule has 0 unspecified atom stereocenters. The van der Waals surface area contributed by atoms with Crippen LogP contribution in [0, 0.1) is 6.92 Å². The van der Waals surface area contributed by atoms with Crippen LogP contribution in [0.2, 0.25) is 5.02 Å². The summed E-state index contributed by atoms with van der Waals surface area (Å²) in [5.41, 5.74) is 2.02. The van der Waals surface area contributed by atoms with Crippen molar-refractivity contribution >= 4 is 29.3 Å². The van der Waals surface area contributed by atoms with Gasteiger partial charge in [-0.1, -0.05) is 53.7 Å². The zero-order chi connectivity index (χ0) is 19.9. The van der Waals surface area contributed by atoms with Crippen molar-refractivity contribution in [3.05, 3.63) is 70.5 Å². The monoisotopic (exact) mass is 416 g/mol. The van der Waals surface area contributed by atoms with Crippen LogP contribution in [0.25, 0.3) is 0 Å². The van der Waals surface area contributed by atoms with Gasteiger partial charge in [0.1, 0.15) is 12.4 Å². The van der Waals surface area contributed by atoms with Gasteiger partial charge in [-0.15, -0.1) is 10.2 Å². The van der Waals surface area contributed by atoms with E-state index >= 15 is 0 Å². The first-order chi connectivity index (χ1) is 13.5. The van der Waals surface area contributed by atoms with Crippen LogP contribution in [-0.2, 0) is 25.0 Å². The molecule has 0 saturated heterocycles. The van der Waals surface area contributed by atoms with Gasteiger partial charge < -0.3 is 14.6 Å². The molecule has 0 spiro atoms. The average Bonchev–Trinajstić information content (AvgIpc) is 3.04. The Morgan fingerprint density at radius 1 is 1.21 bits per heavy atom. The Morgan fingerprint density at radius 2 is 2.00 bits per heavy atom. The number of halogens is 1. The molecule has 0 radical (unpaired) electrons. The second-order valence-corrected chi connectivity index (χ2v) is 7.59. The second kappa shape index (κ2) is 9.61. The third-order valence-electron chi connectivity index (χ3n) is 4.08. The fourth-order valence-corrected chi connectivity index (χ4v) is 3.48. The molecule has 0 saturated carbocycles. The number of amides is 1. The number of aromatic nitrogens is 3. The first-order valence-electron chi connectivity index (χ1n) is 8.73. The van der Waals surface area contributed by atoms with Gasteiger partial charge in [-0.05, 0) is 36.2 Å². The zero-order valence-electron chi connectivity index (χ0n) is 15.7. The highest BCUT2D eigenvalue weighted by Crippen LogP contribution is 2.23. The minimum atomic E-state index is -0.0496. The molecule has 1 aromatic heterocycles. The number of benzene rings is 2. The van der Waals surface area contributed by atoms with E-state index in [1.165, 1.54) is 11.8 Å². The van der Waals surface area contributed by atoms with Crippen LogP contribution < -0.4 is 10.1 Å². The maximum Gasteiger partial charge on any atom is 0.230 e. The van der Waals surface area contributed by atoms with Crippen molar-refractivity contribution in [2.45, 2.75) is 25.2 Å². The number of nitrogens with one attached hydrogen (secondary N) is 1. The van der Waals surface area contributed by atoms with Crippen LogP contribution in [0.5, 0.6) is 5.75 Å². The molecule has 0 aliphatic heterocycles. The molecular weight excluding hydrogens is 396 g/mol. The number of hydrogen-bond donors (Lipinski definition) is 1. The molecule has 3 rings (SSSR count). The number of nitrogens with zero attached hydrogens (tertiary/aromatic N) is 3. The van der Waals surface area contributed by atoms with Crippen LogP contribution in [0.15, 0.2) is 53.7 Å². The normalized spacial score (nSPS) is 10.7. The first-order valence-corrected chi connectivity index (χ1v) is 10.1. The van der Waals surface area contributed by atoms with Gasteiger partial charge >= 0.3 is 0 Å². The zero-order valence-corrected chi connectivity index (χ0v) is 17.3. The minimum absolute atomic E-state index is 0.0496. The molecular formula is C20H21ClN4O2S. The van der Waals surface area contributed by atoms with Crippen LogP contribution in [0.1, 0.15) is 17.0 Å². The molecule has 0 atom stereocenters. The van der Waals surface area contributed by atoms with Crippen molar-refractivity contribution in [1.29, 1.82) is 0 Å². The van der Waals surface area contributed by atoms with E-state index in [0.29, 0.717) is 22.5 Å². The third-order valence-corrected chi connectivity index (χ3v) is 5.34.